The van der Waals surface area contributed by atoms with Crippen molar-refractivity contribution in [1.29, 1.82) is 4.78 Å². The number of nitrogens with one attached hydrogen (secondary N) is 2. The van der Waals surface area contributed by atoms with Crippen molar-refractivity contribution < 1.29 is 8.95 Å². The Hall–Kier alpha value is -1.23. The number of hydrogen-bond acceptors (Lipinski definition) is 4. The van der Waals surface area contributed by atoms with Crippen LogP contribution in [0.4, 0.5) is 5.69 Å². The largest absolute Gasteiger partial charge is 0.488 e. The summed E-state index contributed by atoms with van der Waals surface area (Å²) in [4.78, 5) is 0.526. The van der Waals surface area contributed by atoms with Gasteiger partial charge in [0.25, 0.3) is 0 Å². The molecule has 0 saturated heterocycles. The summed E-state index contributed by atoms with van der Waals surface area (Å²) >= 11 is 0. The molecule has 5 heteroatoms. The fourth-order valence-corrected chi connectivity index (χ4v) is 2.33. The third-order valence-corrected chi connectivity index (χ3v) is 4.08. The van der Waals surface area contributed by atoms with Gasteiger partial charge in [0.15, 0.2) is 0 Å². The van der Waals surface area contributed by atoms with Crippen molar-refractivity contribution in [1.82, 2.24) is 0 Å². The molecule has 0 unspecified atom stereocenters. The highest BCUT2D eigenvalue weighted by atomic mass is 32.2. The van der Waals surface area contributed by atoms with Gasteiger partial charge in [-0.2, -0.15) is 0 Å². The minimum absolute atomic E-state index is 0.286. The quantitative estimate of drug-likeness (QED) is 0.841. The predicted octanol–water partition coefficient (Wildman–Crippen LogP) is 3.33. The molecule has 0 aromatic heterocycles. The summed E-state index contributed by atoms with van der Waals surface area (Å²) in [6.07, 6.45) is 3.88. The highest BCUT2D eigenvalue weighted by Crippen LogP contribution is 2.34. The second-order valence-corrected chi connectivity index (χ2v) is 7.75. The van der Waals surface area contributed by atoms with Crippen molar-refractivity contribution in [3.05, 3.63) is 18.2 Å². The third kappa shape index (κ3) is 4.13. The standard InChI is InChI=1S/C14H22N2O2S/c1-10(2)9-16-13-7-6-12(19(3,15)17)8-14(13)18-11-4-5-11/h6-8,10-11,15-16H,4-5,9H2,1-3H3/t19-/m0/s1. The molecule has 0 amide bonds. The summed E-state index contributed by atoms with van der Waals surface area (Å²) in [6, 6.07) is 5.36. The van der Waals surface area contributed by atoms with Crippen LogP contribution < -0.4 is 10.1 Å². The second-order valence-electron chi connectivity index (χ2n) is 5.59. The Labute approximate surface area is 115 Å². The normalized spacial score (nSPS) is 18.1. The van der Waals surface area contributed by atoms with Gasteiger partial charge in [-0.25, -0.2) is 8.99 Å². The highest BCUT2D eigenvalue weighted by Gasteiger charge is 2.25. The zero-order valence-corrected chi connectivity index (χ0v) is 12.5. The van der Waals surface area contributed by atoms with Crippen molar-refractivity contribution >= 4 is 15.4 Å². The van der Waals surface area contributed by atoms with Crippen LogP contribution in [0.2, 0.25) is 0 Å². The SMILES string of the molecule is CC(C)CNc1ccc([S@@](C)(=N)=O)cc1OC1CC1. The Morgan fingerprint density at radius 1 is 1.47 bits per heavy atom. The molecule has 0 heterocycles. The lowest BCUT2D eigenvalue weighted by molar-refractivity contribution is 0.304. The molecule has 1 aromatic carbocycles. The van der Waals surface area contributed by atoms with Gasteiger partial charge in [-0.1, -0.05) is 13.8 Å². The van der Waals surface area contributed by atoms with Crippen LogP contribution in [0.15, 0.2) is 23.1 Å². The lowest BCUT2D eigenvalue weighted by Crippen LogP contribution is -2.10. The molecule has 1 aromatic rings. The number of rotatable bonds is 6. The van der Waals surface area contributed by atoms with Crippen LogP contribution in [0.5, 0.6) is 5.75 Å². The fourth-order valence-electron chi connectivity index (χ4n) is 1.67. The van der Waals surface area contributed by atoms with Crippen LogP contribution in [0.1, 0.15) is 26.7 Å². The monoisotopic (exact) mass is 282 g/mol. The number of hydrogen-bond donors (Lipinski definition) is 2. The maximum atomic E-state index is 11.8. The molecule has 1 aliphatic carbocycles. The van der Waals surface area contributed by atoms with Crippen LogP contribution in [0.25, 0.3) is 0 Å². The lowest BCUT2D eigenvalue weighted by Gasteiger charge is -2.15. The van der Waals surface area contributed by atoms with E-state index in [-0.39, 0.29) is 6.10 Å². The summed E-state index contributed by atoms with van der Waals surface area (Å²) < 4.78 is 25.3. The molecule has 2 rings (SSSR count). The van der Waals surface area contributed by atoms with E-state index < -0.39 is 9.73 Å². The van der Waals surface area contributed by atoms with Gasteiger partial charge in [-0.15, -0.1) is 0 Å². The molecule has 19 heavy (non-hydrogen) atoms. The van der Waals surface area contributed by atoms with E-state index in [0.29, 0.717) is 10.8 Å². The van der Waals surface area contributed by atoms with Crippen molar-refractivity contribution in [3.63, 3.8) is 0 Å². The summed E-state index contributed by atoms with van der Waals surface area (Å²) in [7, 11) is -2.70. The van der Waals surface area contributed by atoms with Crippen molar-refractivity contribution in [3.8, 4) is 5.75 Å². The van der Waals surface area contributed by atoms with Crippen molar-refractivity contribution in [2.75, 3.05) is 18.1 Å². The summed E-state index contributed by atoms with van der Waals surface area (Å²) in [5, 5.41) is 3.35. The highest BCUT2D eigenvalue weighted by molar-refractivity contribution is 7.91. The Kier molecular flexibility index (Phi) is 4.04. The minimum Gasteiger partial charge on any atom is -0.488 e. The topological polar surface area (TPSA) is 62.2 Å². The molecule has 1 fully saturated rings. The molecule has 106 valence electrons. The van der Waals surface area contributed by atoms with E-state index in [2.05, 4.69) is 19.2 Å². The number of benzene rings is 1. The van der Waals surface area contributed by atoms with Crippen LogP contribution in [-0.4, -0.2) is 23.1 Å². The first-order chi connectivity index (χ1) is 8.86. The Balaban J connectivity index is 2.25. The van der Waals surface area contributed by atoms with E-state index in [1.165, 1.54) is 6.26 Å². The van der Waals surface area contributed by atoms with Crippen LogP contribution in [-0.2, 0) is 9.73 Å². The molecule has 0 aliphatic heterocycles. The van der Waals surface area contributed by atoms with Crippen molar-refractivity contribution in [2.45, 2.75) is 37.7 Å². The van der Waals surface area contributed by atoms with E-state index in [9.17, 15) is 4.21 Å². The van der Waals surface area contributed by atoms with Gasteiger partial charge in [-0.05, 0) is 37.0 Å². The fraction of sp³-hybridized carbons (Fsp3) is 0.571. The third-order valence-electron chi connectivity index (χ3n) is 2.92. The van der Waals surface area contributed by atoms with Gasteiger partial charge in [-0.3, -0.25) is 0 Å². The van der Waals surface area contributed by atoms with Gasteiger partial charge in [0.05, 0.1) is 26.4 Å². The van der Waals surface area contributed by atoms with Gasteiger partial charge < -0.3 is 10.1 Å². The van der Waals surface area contributed by atoms with Crippen LogP contribution >= 0.6 is 0 Å². The Morgan fingerprint density at radius 3 is 2.68 bits per heavy atom. The van der Waals surface area contributed by atoms with Gasteiger partial charge in [0.1, 0.15) is 5.75 Å². The molecule has 1 saturated carbocycles. The molecule has 1 atom stereocenters. The van der Waals surface area contributed by atoms with Crippen LogP contribution in [0, 0.1) is 10.7 Å². The van der Waals surface area contributed by atoms with Gasteiger partial charge in [0.2, 0.25) is 0 Å². The number of anilines is 1. The number of ether oxygens (including phenoxy) is 1. The smallest absolute Gasteiger partial charge is 0.144 e. The molecule has 4 nitrogen and oxygen atoms in total. The zero-order valence-electron chi connectivity index (χ0n) is 11.7. The zero-order chi connectivity index (χ0) is 14.0. The van der Waals surface area contributed by atoms with Gasteiger partial charge >= 0.3 is 0 Å². The molecule has 2 N–H and O–H groups in total. The first-order valence-corrected chi connectivity index (χ1v) is 8.61. The van der Waals surface area contributed by atoms with E-state index in [4.69, 9.17) is 9.52 Å². The average molecular weight is 282 g/mol. The second kappa shape index (κ2) is 5.41. The summed E-state index contributed by atoms with van der Waals surface area (Å²) in [6.45, 7) is 5.15. The molecule has 0 radical (unpaired) electrons. The first-order valence-electron chi connectivity index (χ1n) is 6.64. The van der Waals surface area contributed by atoms with Crippen LogP contribution in [0.3, 0.4) is 0 Å². The maximum Gasteiger partial charge on any atom is 0.144 e. The van der Waals surface area contributed by atoms with E-state index in [1.54, 1.807) is 12.1 Å². The van der Waals surface area contributed by atoms with E-state index in [1.807, 2.05) is 6.07 Å². The Morgan fingerprint density at radius 2 is 2.16 bits per heavy atom. The minimum atomic E-state index is -2.70. The Bertz CT molecular complexity index is 549. The molecule has 0 spiro atoms. The molecule has 0 bridgehead atoms. The van der Waals surface area contributed by atoms with Crippen molar-refractivity contribution in [2.24, 2.45) is 5.92 Å². The summed E-state index contributed by atoms with van der Waals surface area (Å²) in [5.41, 5.74) is 0.924. The molecular weight excluding hydrogens is 260 g/mol. The predicted molar refractivity (Wildman–Crippen MR) is 78.5 cm³/mol. The van der Waals surface area contributed by atoms with E-state index in [0.717, 1.165) is 30.8 Å². The first kappa shape index (κ1) is 14.2. The average Bonchev–Trinajstić information content (AvgIpc) is 3.09. The van der Waals surface area contributed by atoms with Gasteiger partial charge in [0, 0.05) is 12.8 Å². The molecule has 1 aliphatic rings. The summed E-state index contributed by atoms with van der Waals surface area (Å²) in [5.74, 6) is 1.27. The van der Waals surface area contributed by atoms with E-state index >= 15 is 0 Å². The maximum absolute atomic E-state index is 11.8. The lowest BCUT2D eigenvalue weighted by atomic mass is 10.2. The molecular formula is C14H22N2O2S.